The molecule has 1 aliphatic rings. The largest absolute Gasteiger partial charge is 0.408 e. The van der Waals surface area contributed by atoms with Crippen LogP contribution in [-0.2, 0) is 13.1 Å². The summed E-state index contributed by atoms with van der Waals surface area (Å²) in [6.07, 6.45) is -3.45. The van der Waals surface area contributed by atoms with Gasteiger partial charge in [-0.2, -0.15) is 18.3 Å². The summed E-state index contributed by atoms with van der Waals surface area (Å²) < 4.78 is 66.0. The van der Waals surface area contributed by atoms with Crippen LogP contribution in [-0.4, -0.2) is 44.9 Å². The Hall–Kier alpha value is -3.18. The standard InChI is InChI=1S/C18H18F5N5O2/c1-9-7-28-15(12(6-24-28)16(29)25-10(2)18(21,22)23)8-27(9)17(30)26-11-3-4-13(19)14(20)5-11/h3-6,9-10H,7-8H2,1-2H3,(H,25,29)(H,26,30)/t9-,10-/m1/s1. The monoisotopic (exact) mass is 431 g/mol. The third-order valence-corrected chi connectivity index (χ3v) is 4.75. The number of amides is 3. The summed E-state index contributed by atoms with van der Waals surface area (Å²) in [5.41, 5.74) is 0.214. The number of halogens is 5. The lowest BCUT2D eigenvalue weighted by atomic mass is 10.1. The molecule has 0 fully saturated rings. The van der Waals surface area contributed by atoms with Gasteiger partial charge in [-0.15, -0.1) is 0 Å². The van der Waals surface area contributed by atoms with Crippen molar-refractivity contribution in [3.8, 4) is 0 Å². The minimum atomic E-state index is -4.60. The lowest BCUT2D eigenvalue weighted by molar-refractivity contribution is -0.149. The Morgan fingerprint density at radius 1 is 1.23 bits per heavy atom. The summed E-state index contributed by atoms with van der Waals surface area (Å²) >= 11 is 0. The average Bonchev–Trinajstić information content (AvgIpc) is 3.05. The zero-order valence-corrected chi connectivity index (χ0v) is 15.9. The second kappa shape index (κ2) is 7.92. The molecule has 0 saturated heterocycles. The van der Waals surface area contributed by atoms with E-state index in [1.807, 2.05) is 5.32 Å². The first-order valence-electron chi connectivity index (χ1n) is 8.92. The maximum Gasteiger partial charge on any atom is 0.408 e. The molecule has 0 unspecified atom stereocenters. The van der Waals surface area contributed by atoms with Gasteiger partial charge in [0.1, 0.15) is 6.04 Å². The smallest absolute Gasteiger partial charge is 0.340 e. The summed E-state index contributed by atoms with van der Waals surface area (Å²) in [6, 6.07) is -0.209. The number of hydrogen-bond donors (Lipinski definition) is 2. The minimum absolute atomic E-state index is 0.0298. The van der Waals surface area contributed by atoms with Gasteiger partial charge in [-0.1, -0.05) is 0 Å². The van der Waals surface area contributed by atoms with E-state index >= 15 is 0 Å². The number of benzene rings is 1. The molecule has 2 heterocycles. The zero-order chi connectivity index (χ0) is 22.2. The molecular formula is C18H18F5N5O2. The van der Waals surface area contributed by atoms with Crippen LogP contribution in [0, 0.1) is 11.6 Å². The van der Waals surface area contributed by atoms with Crippen LogP contribution in [0.5, 0.6) is 0 Å². The number of alkyl halides is 3. The molecule has 1 aliphatic heterocycles. The average molecular weight is 431 g/mol. The number of aromatic nitrogens is 2. The van der Waals surface area contributed by atoms with Crippen molar-refractivity contribution < 1.29 is 31.5 Å². The van der Waals surface area contributed by atoms with E-state index in [2.05, 4.69) is 10.4 Å². The fourth-order valence-electron chi connectivity index (χ4n) is 2.99. The van der Waals surface area contributed by atoms with Gasteiger partial charge in [0, 0.05) is 11.8 Å². The topological polar surface area (TPSA) is 79.3 Å². The molecule has 12 heteroatoms. The first-order valence-corrected chi connectivity index (χ1v) is 8.92. The van der Waals surface area contributed by atoms with Crippen molar-refractivity contribution in [1.29, 1.82) is 0 Å². The summed E-state index contributed by atoms with van der Waals surface area (Å²) in [7, 11) is 0. The lowest BCUT2D eigenvalue weighted by Crippen LogP contribution is -2.48. The number of hydrogen-bond acceptors (Lipinski definition) is 3. The number of carbonyl (C=O) groups is 2. The first-order chi connectivity index (χ1) is 14.0. The van der Waals surface area contributed by atoms with Crippen LogP contribution in [0.2, 0.25) is 0 Å². The molecule has 0 radical (unpaired) electrons. The van der Waals surface area contributed by atoms with Crippen LogP contribution in [0.1, 0.15) is 29.9 Å². The fourth-order valence-corrected chi connectivity index (χ4v) is 2.99. The van der Waals surface area contributed by atoms with Gasteiger partial charge in [-0.25, -0.2) is 13.6 Å². The van der Waals surface area contributed by atoms with Gasteiger partial charge in [-0.3, -0.25) is 9.48 Å². The third kappa shape index (κ3) is 4.36. The number of fused-ring (bicyclic) bond motifs is 1. The highest BCUT2D eigenvalue weighted by molar-refractivity contribution is 5.96. The van der Waals surface area contributed by atoms with E-state index < -0.39 is 35.8 Å². The van der Waals surface area contributed by atoms with Crippen LogP contribution in [0.25, 0.3) is 0 Å². The number of urea groups is 1. The molecule has 0 aliphatic carbocycles. The predicted molar refractivity (Wildman–Crippen MR) is 95.6 cm³/mol. The Labute approximate surface area is 167 Å². The van der Waals surface area contributed by atoms with Crippen LogP contribution in [0.4, 0.5) is 32.4 Å². The van der Waals surface area contributed by atoms with Crippen molar-refractivity contribution in [2.75, 3.05) is 5.32 Å². The van der Waals surface area contributed by atoms with Gasteiger partial charge >= 0.3 is 12.2 Å². The molecule has 2 aromatic rings. The van der Waals surface area contributed by atoms with E-state index in [1.165, 1.54) is 15.6 Å². The molecule has 0 spiro atoms. The highest BCUT2D eigenvalue weighted by atomic mass is 19.4. The van der Waals surface area contributed by atoms with Crippen molar-refractivity contribution in [1.82, 2.24) is 20.0 Å². The van der Waals surface area contributed by atoms with Gasteiger partial charge in [0.25, 0.3) is 5.91 Å². The van der Waals surface area contributed by atoms with Crippen molar-refractivity contribution in [3.05, 3.63) is 47.3 Å². The zero-order valence-electron chi connectivity index (χ0n) is 15.9. The van der Waals surface area contributed by atoms with Crippen LogP contribution >= 0.6 is 0 Å². The van der Waals surface area contributed by atoms with E-state index in [4.69, 9.17) is 0 Å². The highest BCUT2D eigenvalue weighted by Gasteiger charge is 2.38. The van der Waals surface area contributed by atoms with E-state index in [1.54, 1.807) is 6.92 Å². The van der Waals surface area contributed by atoms with Crippen LogP contribution in [0.15, 0.2) is 24.4 Å². The SMILES string of the molecule is C[C@@H]1Cn2ncc(C(=O)N[C@H](C)C(F)(F)F)c2CN1C(=O)Nc1ccc(F)c(F)c1. The van der Waals surface area contributed by atoms with Gasteiger partial charge < -0.3 is 15.5 Å². The highest BCUT2D eigenvalue weighted by Crippen LogP contribution is 2.24. The molecule has 30 heavy (non-hydrogen) atoms. The Morgan fingerprint density at radius 3 is 2.57 bits per heavy atom. The summed E-state index contributed by atoms with van der Waals surface area (Å²) in [5, 5.41) is 8.32. The Morgan fingerprint density at radius 2 is 1.93 bits per heavy atom. The quantitative estimate of drug-likeness (QED) is 0.733. The van der Waals surface area contributed by atoms with E-state index in [9.17, 15) is 31.5 Å². The Bertz CT molecular complexity index is 974. The summed E-state index contributed by atoms with van der Waals surface area (Å²) in [4.78, 5) is 26.2. The maximum atomic E-state index is 13.4. The minimum Gasteiger partial charge on any atom is -0.340 e. The van der Waals surface area contributed by atoms with Crippen LogP contribution < -0.4 is 10.6 Å². The fraction of sp³-hybridized carbons (Fsp3) is 0.389. The van der Waals surface area contributed by atoms with Gasteiger partial charge in [0.2, 0.25) is 0 Å². The Balaban J connectivity index is 1.77. The molecule has 1 aromatic heterocycles. The van der Waals surface area contributed by atoms with Crippen molar-refractivity contribution >= 4 is 17.6 Å². The van der Waals surface area contributed by atoms with E-state index in [0.717, 1.165) is 25.3 Å². The number of anilines is 1. The Kier molecular flexibility index (Phi) is 5.68. The maximum absolute atomic E-state index is 13.4. The van der Waals surface area contributed by atoms with E-state index in [0.29, 0.717) is 0 Å². The second-order valence-corrected chi connectivity index (χ2v) is 6.96. The molecule has 2 N–H and O–H groups in total. The summed E-state index contributed by atoms with van der Waals surface area (Å²) in [5.74, 6) is -3.15. The molecule has 3 rings (SSSR count). The van der Waals surface area contributed by atoms with Gasteiger partial charge in [0.15, 0.2) is 11.6 Å². The summed E-state index contributed by atoms with van der Waals surface area (Å²) in [6.45, 7) is 2.61. The molecule has 1 aromatic carbocycles. The molecule has 7 nitrogen and oxygen atoms in total. The number of carbonyl (C=O) groups excluding carboxylic acids is 2. The molecule has 162 valence electrons. The second-order valence-electron chi connectivity index (χ2n) is 6.96. The number of rotatable bonds is 3. The molecule has 3 amide bonds. The molecule has 2 atom stereocenters. The molecule has 0 saturated carbocycles. The molecular weight excluding hydrogens is 413 g/mol. The van der Waals surface area contributed by atoms with Crippen molar-refractivity contribution in [2.24, 2.45) is 0 Å². The normalized spacial score (nSPS) is 17.3. The van der Waals surface area contributed by atoms with Gasteiger partial charge in [0.05, 0.1) is 36.6 Å². The first kappa shape index (κ1) is 21.5. The number of nitrogens with one attached hydrogen (secondary N) is 2. The lowest BCUT2D eigenvalue weighted by Gasteiger charge is -2.34. The number of nitrogens with zero attached hydrogens (tertiary/aromatic N) is 3. The third-order valence-electron chi connectivity index (χ3n) is 4.75. The van der Waals surface area contributed by atoms with Crippen molar-refractivity contribution in [3.63, 3.8) is 0 Å². The van der Waals surface area contributed by atoms with Gasteiger partial charge in [-0.05, 0) is 26.0 Å². The molecule has 0 bridgehead atoms. The van der Waals surface area contributed by atoms with Crippen LogP contribution in [0.3, 0.4) is 0 Å². The van der Waals surface area contributed by atoms with E-state index in [-0.39, 0.29) is 36.1 Å². The predicted octanol–water partition coefficient (Wildman–Crippen LogP) is 3.28. The van der Waals surface area contributed by atoms with Crippen molar-refractivity contribution in [2.45, 2.75) is 45.2 Å².